The second-order valence-corrected chi connectivity index (χ2v) is 6.99. The van der Waals surface area contributed by atoms with E-state index in [1.54, 1.807) is 18.2 Å². The predicted octanol–water partition coefficient (Wildman–Crippen LogP) is 1.84. The number of nitrogens with zero attached hydrogens (tertiary/aromatic N) is 1. The summed E-state index contributed by atoms with van der Waals surface area (Å²) in [6.45, 7) is 1.31. The van der Waals surface area contributed by atoms with Gasteiger partial charge in [-0.3, -0.25) is 9.69 Å². The first kappa shape index (κ1) is 19.3. The van der Waals surface area contributed by atoms with E-state index in [0.29, 0.717) is 43.4 Å². The number of benzene rings is 1. The molecule has 3 rings (SSSR count). The Morgan fingerprint density at radius 1 is 1.38 bits per heavy atom. The number of rotatable bonds is 4. The van der Waals surface area contributed by atoms with Crippen molar-refractivity contribution < 1.29 is 22.7 Å². The summed E-state index contributed by atoms with van der Waals surface area (Å²) >= 11 is 5.95. The largest absolute Gasteiger partial charge is 0.492 e. The summed E-state index contributed by atoms with van der Waals surface area (Å²) in [6.07, 6.45) is -4.00. The molecule has 2 unspecified atom stereocenters. The lowest BCUT2D eigenvalue weighted by Gasteiger charge is -2.36. The molecule has 1 saturated heterocycles. The normalized spacial score (nSPS) is 22.2. The van der Waals surface area contributed by atoms with Crippen LogP contribution in [0.15, 0.2) is 18.2 Å². The number of piperazine rings is 1. The molecule has 1 amide bonds. The first-order valence-corrected chi connectivity index (χ1v) is 8.93. The van der Waals surface area contributed by atoms with Crippen LogP contribution in [0.25, 0.3) is 0 Å². The van der Waals surface area contributed by atoms with Gasteiger partial charge in [0, 0.05) is 37.7 Å². The highest BCUT2D eigenvalue weighted by Gasteiger charge is 2.44. The van der Waals surface area contributed by atoms with Crippen LogP contribution < -0.4 is 15.4 Å². The number of carbonyl (C=O) groups is 1. The maximum Gasteiger partial charge on any atom is 0.405 e. The third-order valence-corrected chi connectivity index (χ3v) is 4.97. The summed E-state index contributed by atoms with van der Waals surface area (Å²) in [6, 6.07) is 3.47. The van der Waals surface area contributed by atoms with Gasteiger partial charge in [-0.1, -0.05) is 11.6 Å². The van der Waals surface area contributed by atoms with E-state index >= 15 is 0 Å². The molecule has 5 nitrogen and oxygen atoms in total. The van der Waals surface area contributed by atoms with Crippen molar-refractivity contribution >= 4 is 17.5 Å². The quantitative estimate of drug-likeness (QED) is 0.822. The Bertz CT molecular complexity index is 651. The average Bonchev–Trinajstić information content (AvgIpc) is 2.61. The number of halogens is 4. The molecule has 0 aliphatic carbocycles. The van der Waals surface area contributed by atoms with E-state index in [-0.39, 0.29) is 6.61 Å². The maximum absolute atomic E-state index is 13.4. The second-order valence-electron chi connectivity index (χ2n) is 6.55. The fourth-order valence-corrected chi connectivity index (χ4v) is 3.51. The molecular formula is C17H21ClF3N3O2. The summed E-state index contributed by atoms with van der Waals surface area (Å²) in [5, 5.41) is 6.03. The zero-order valence-electron chi connectivity index (χ0n) is 14.1. The lowest BCUT2D eigenvalue weighted by atomic mass is 9.96. The molecule has 1 aromatic carbocycles. The lowest BCUT2D eigenvalue weighted by Crippen LogP contribution is -2.58. The topological polar surface area (TPSA) is 53.6 Å². The molecular weight excluding hydrogens is 371 g/mol. The van der Waals surface area contributed by atoms with Gasteiger partial charge in [0.15, 0.2) is 0 Å². The standard InChI is InChI=1S/C17H21ClF3N3O2/c18-13-1-2-14-11(8-13)7-12(10-26-14)16(25)23-9-15(17(19,20)21)24-5-3-22-4-6-24/h1-2,8,12,15,22H,3-7,9-10H2,(H,23,25). The zero-order chi connectivity index (χ0) is 18.7. The Labute approximate surface area is 154 Å². The number of nitrogens with one attached hydrogen (secondary N) is 2. The highest BCUT2D eigenvalue weighted by molar-refractivity contribution is 6.30. The Hall–Kier alpha value is -1.51. The number of hydrogen-bond donors (Lipinski definition) is 2. The van der Waals surface area contributed by atoms with Crippen molar-refractivity contribution in [2.45, 2.75) is 18.6 Å². The third-order valence-electron chi connectivity index (χ3n) is 4.74. The highest BCUT2D eigenvalue weighted by atomic mass is 35.5. The minimum absolute atomic E-state index is 0.144. The van der Waals surface area contributed by atoms with Gasteiger partial charge in [-0.25, -0.2) is 0 Å². The van der Waals surface area contributed by atoms with Crippen molar-refractivity contribution in [3.8, 4) is 5.75 Å². The van der Waals surface area contributed by atoms with E-state index < -0.39 is 30.6 Å². The molecule has 1 fully saturated rings. The van der Waals surface area contributed by atoms with Gasteiger partial charge in [0.25, 0.3) is 0 Å². The van der Waals surface area contributed by atoms with E-state index in [9.17, 15) is 18.0 Å². The Kier molecular flexibility index (Phi) is 5.94. The highest BCUT2D eigenvalue weighted by Crippen LogP contribution is 2.30. The Morgan fingerprint density at radius 2 is 2.12 bits per heavy atom. The van der Waals surface area contributed by atoms with Crippen LogP contribution in [-0.4, -0.2) is 62.4 Å². The lowest BCUT2D eigenvalue weighted by molar-refractivity contribution is -0.184. The van der Waals surface area contributed by atoms with Crippen LogP contribution in [0, 0.1) is 5.92 Å². The van der Waals surface area contributed by atoms with E-state index in [2.05, 4.69) is 10.6 Å². The first-order valence-electron chi connectivity index (χ1n) is 8.55. The van der Waals surface area contributed by atoms with E-state index in [1.165, 1.54) is 4.90 Å². The number of amides is 1. The molecule has 2 atom stereocenters. The SMILES string of the molecule is O=C(NCC(N1CCNCC1)C(F)(F)F)C1COc2ccc(Cl)cc2C1. The molecule has 0 bridgehead atoms. The monoisotopic (exact) mass is 391 g/mol. The van der Waals surface area contributed by atoms with Gasteiger partial charge in [-0.15, -0.1) is 0 Å². The van der Waals surface area contributed by atoms with Crippen LogP contribution in [0.1, 0.15) is 5.56 Å². The number of hydrogen-bond acceptors (Lipinski definition) is 4. The van der Waals surface area contributed by atoms with Crippen molar-refractivity contribution in [2.75, 3.05) is 39.3 Å². The van der Waals surface area contributed by atoms with Crippen LogP contribution in [0.4, 0.5) is 13.2 Å². The number of alkyl halides is 3. The van der Waals surface area contributed by atoms with Crippen LogP contribution in [0.5, 0.6) is 5.75 Å². The summed E-state index contributed by atoms with van der Waals surface area (Å²) in [4.78, 5) is 13.7. The molecule has 2 heterocycles. The van der Waals surface area contributed by atoms with Gasteiger partial charge in [-0.05, 0) is 30.2 Å². The van der Waals surface area contributed by atoms with Crippen LogP contribution in [-0.2, 0) is 11.2 Å². The summed E-state index contributed by atoms with van der Waals surface area (Å²) < 4.78 is 45.7. The molecule has 2 aliphatic rings. The third kappa shape index (κ3) is 4.61. The van der Waals surface area contributed by atoms with E-state index in [1.807, 2.05) is 0 Å². The molecule has 9 heteroatoms. The molecule has 0 radical (unpaired) electrons. The predicted molar refractivity (Wildman–Crippen MR) is 91.4 cm³/mol. The molecule has 2 N–H and O–H groups in total. The summed E-state index contributed by atoms with van der Waals surface area (Å²) in [5.41, 5.74) is 0.790. The minimum atomic E-state index is -4.40. The van der Waals surface area contributed by atoms with Crippen molar-refractivity contribution in [1.29, 1.82) is 0 Å². The zero-order valence-corrected chi connectivity index (χ0v) is 14.9. The fraction of sp³-hybridized carbons (Fsp3) is 0.588. The molecule has 0 spiro atoms. The second kappa shape index (κ2) is 8.02. The summed E-state index contributed by atoms with van der Waals surface area (Å²) in [7, 11) is 0. The summed E-state index contributed by atoms with van der Waals surface area (Å²) in [5.74, 6) is -0.301. The van der Waals surface area contributed by atoms with Crippen molar-refractivity contribution in [3.63, 3.8) is 0 Å². The van der Waals surface area contributed by atoms with Gasteiger partial charge < -0.3 is 15.4 Å². The average molecular weight is 392 g/mol. The fourth-order valence-electron chi connectivity index (χ4n) is 3.32. The molecule has 2 aliphatic heterocycles. The molecule has 1 aromatic rings. The number of ether oxygens (including phenoxy) is 1. The first-order chi connectivity index (χ1) is 12.3. The van der Waals surface area contributed by atoms with Crippen molar-refractivity contribution in [2.24, 2.45) is 5.92 Å². The number of fused-ring (bicyclic) bond motifs is 1. The Balaban J connectivity index is 1.60. The number of carbonyl (C=O) groups excluding carboxylic acids is 1. The van der Waals surface area contributed by atoms with Gasteiger partial charge in [0.1, 0.15) is 18.4 Å². The van der Waals surface area contributed by atoms with Gasteiger partial charge in [0.2, 0.25) is 5.91 Å². The van der Waals surface area contributed by atoms with E-state index in [4.69, 9.17) is 16.3 Å². The minimum Gasteiger partial charge on any atom is -0.492 e. The van der Waals surface area contributed by atoms with Gasteiger partial charge in [0.05, 0.1) is 5.92 Å². The molecule has 0 aromatic heterocycles. The molecule has 144 valence electrons. The van der Waals surface area contributed by atoms with Crippen molar-refractivity contribution in [1.82, 2.24) is 15.5 Å². The maximum atomic E-state index is 13.4. The van der Waals surface area contributed by atoms with Gasteiger partial charge in [-0.2, -0.15) is 13.2 Å². The smallest absolute Gasteiger partial charge is 0.405 e. The van der Waals surface area contributed by atoms with Crippen molar-refractivity contribution in [3.05, 3.63) is 28.8 Å². The van der Waals surface area contributed by atoms with Gasteiger partial charge >= 0.3 is 6.18 Å². The molecule has 0 saturated carbocycles. The van der Waals surface area contributed by atoms with Crippen LogP contribution >= 0.6 is 11.6 Å². The molecule has 26 heavy (non-hydrogen) atoms. The van der Waals surface area contributed by atoms with Crippen LogP contribution in [0.3, 0.4) is 0 Å². The Morgan fingerprint density at radius 3 is 2.81 bits per heavy atom. The van der Waals surface area contributed by atoms with E-state index in [0.717, 1.165) is 5.56 Å². The van der Waals surface area contributed by atoms with Crippen LogP contribution in [0.2, 0.25) is 5.02 Å².